The van der Waals surface area contributed by atoms with Crippen LogP contribution in [0.1, 0.15) is 22.8 Å². The molecule has 0 saturated heterocycles. The fourth-order valence-corrected chi connectivity index (χ4v) is 2.69. The van der Waals surface area contributed by atoms with Crippen molar-refractivity contribution in [3.8, 4) is 5.82 Å². The molecule has 6 nitrogen and oxygen atoms in total. The molecule has 3 rings (SSSR count). The molecule has 0 aliphatic rings. The van der Waals surface area contributed by atoms with Crippen molar-refractivity contribution in [1.82, 2.24) is 19.4 Å². The third-order valence-electron chi connectivity index (χ3n) is 4.26. The second-order valence-corrected chi connectivity index (χ2v) is 6.26. The number of hydrogen-bond acceptors (Lipinski definition) is 4. The summed E-state index contributed by atoms with van der Waals surface area (Å²) in [5, 5.41) is 0. The third-order valence-corrected chi connectivity index (χ3v) is 4.26. The van der Waals surface area contributed by atoms with E-state index in [-0.39, 0.29) is 5.91 Å². The first kappa shape index (κ1) is 17.7. The summed E-state index contributed by atoms with van der Waals surface area (Å²) in [6.07, 6.45) is 6.82. The van der Waals surface area contributed by atoms with Crippen LogP contribution in [-0.4, -0.2) is 46.0 Å². The van der Waals surface area contributed by atoms with Crippen LogP contribution in [-0.2, 0) is 6.54 Å². The van der Waals surface area contributed by atoms with Crippen molar-refractivity contribution in [2.24, 2.45) is 0 Å². The summed E-state index contributed by atoms with van der Waals surface area (Å²) >= 11 is 0. The highest BCUT2D eigenvalue weighted by Gasteiger charge is 2.15. The van der Waals surface area contributed by atoms with Crippen molar-refractivity contribution in [1.29, 1.82) is 0 Å². The number of amides is 1. The van der Waals surface area contributed by atoms with Gasteiger partial charge in [-0.25, -0.2) is 9.97 Å². The van der Waals surface area contributed by atoms with E-state index >= 15 is 0 Å². The van der Waals surface area contributed by atoms with E-state index < -0.39 is 0 Å². The van der Waals surface area contributed by atoms with Crippen LogP contribution < -0.4 is 4.90 Å². The molecule has 0 bridgehead atoms. The molecule has 0 N–H and O–H groups in total. The monoisotopic (exact) mass is 349 g/mol. The van der Waals surface area contributed by atoms with Gasteiger partial charge in [-0.05, 0) is 36.8 Å². The molecule has 0 aliphatic heterocycles. The summed E-state index contributed by atoms with van der Waals surface area (Å²) < 4.78 is 1.80. The summed E-state index contributed by atoms with van der Waals surface area (Å²) in [4.78, 5) is 25.1. The molecule has 0 aliphatic carbocycles. The van der Waals surface area contributed by atoms with E-state index in [1.165, 1.54) is 0 Å². The van der Waals surface area contributed by atoms with Gasteiger partial charge in [0.15, 0.2) is 0 Å². The van der Waals surface area contributed by atoms with Crippen molar-refractivity contribution in [3.63, 3.8) is 0 Å². The quantitative estimate of drug-likeness (QED) is 0.686. The summed E-state index contributed by atoms with van der Waals surface area (Å²) in [6.45, 7) is 3.20. The molecule has 0 spiro atoms. The van der Waals surface area contributed by atoms with Gasteiger partial charge in [-0.15, -0.1) is 0 Å². The van der Waals surface area contributed by atoms with Gasteiger partial charge in [-0.1, -0.05) is 12.1 Å². The Morgan fingerprint density at radius 3 is 2.42 bits per heavy atom. The fourth-order valence-electron chi connectivity index (χ4n) is 2.69. The van der Waals surface area contributed by atoms with Crippen LogP contribution in [0.15, 0.2) is 61.3 Å². The van der Waals surface area contributed by atoms with E-state index in [1.807, 2.05) is 44.2 Å². The zero-order valence-corrected chi connectivity index (χ0v) is 15.3. The maximum atomic E-state index is 12.8. The van der Waals surface area contributed by atoms with E-state index in [0.29, 0.717) is 18.7 Å². The Bertz CT molecular complexity index is 839. The zero-order chi connectivity index (χ0) is 18.5. The van der Waals surface area contributed by atoms with Gasteiger partial charge < -0.3 is 9.80 Å². The molecular weight excluding hydrogens is 326 g/mol. The topological polar surface area (TPSA) is 54.3 Å². The third kappa shape index (κ3) is 3.91. The molecule has 2 heterocycles. The van der Waals surface area contributed by atoms with Crippen molar-refractivity contribution in [2.45, 2.75) is 13.5 Å². The maximum Gasteiger partial charge on any atom is 0.255 e. The Balaban J connectivity index is 1.72. The lowest BCUT2D eigenvalue weighted by molar-refractivity contribution is 0.0752. The molecule has 1 amide bonds. The fraction of sp³-hybridized carbons (Fsp3) is 0.250. The molecule has 3 aromatic rings. The highest BCUT2D eigenvalue weighted by Crippen LogP contribution is 2.15. The first-order valence-electron chi connectivity index (χ1n) is 8.58. The number of hydrogen-bond donors (Lipinski definition) is 0. The highest BCUT2D eigenvalue weighted by molar-refractivity contribution is 5.94. The molecule has 0 fully saturated rings. The molecule has 0 unspecified atom stereocenters. The molecule has 1 aromatic carbocycles. The SMILES string of the molecule is CCN(Cc1ccc(N(C)C)cc1)C(=O)c1ccc(-n2ccnc2)nc1. The largest absolute Gasteiger partial charge is 0.378 e. The molecule has 134 valence electrons. The summed E-state index contributed by atoms with van der Waals surface area (Å²) in [5.74, 6) is 0.718. The lowest BCUT2D eigenvalue weighted by Crippen LogP contribution is -2.30. The molecular formula is C20H23N5O. The Labute approximate surface area is 153 Å². The highest BCUT2D eigenvalue weighted by atomic mass is 16.2. The lowest BCUT2D eigenvalue weighted by atomic mass is 10.1. The van der Waals surface area contributed by atoms with Crippen LogP contribution in [0.3, 0.4) is 0 Å². The van der Waals surface area contributed by atoms with Crippen molar-refractivity contribution >= 4 is 11.6 Å². The van der Waals surface area contributed by atoms with Gasteiger partial charge in [0.1, 0.15) is 12.1 Å². The second kappa shape index (κ2) is 7.82. The van der Waals surface area contributed by atoms with Gasteiger partial charge in [-0.3, -0.25) is 9.36 Å². The number of pyridine rings is 1. The van der Waals surface area contributed by atoms with E-state index in [0.717, 1.165) is 17.1 Å². The lowest BCUT2D eigenvalue weighted by Gasteiger charge is -2.21. The van der Waals surface area contributed by atoms with Crippen LogP contribution >= 0.6 is 0 Å². The number of aromatic nitrogens is 3. The molecule has 0 radical (unpaired) electrons. The van der Waals surface area contributed by atoms with Gasteiger partial charge in [0.05, 0.1) is 5.56 Å². The average Bonchev–Trinajstić information content (AvgIpc) is 3.21. The Hall–Kier alpha value is -3.15. The zero-order valence-electron chi connectivity index (χ0n) is 15.3. The number of carbonyl (C=O) groups is 1. The van der Waals surface area contributed by atoms with Crippen LogP contribution in [0.2, 0.25) is 0 Å². The number of anilines is 1. The van der Waals surface area contributed by atoms with Crippen molar-refractivity contribution < 1.29 is 4.79 Å². The van der Waals surface area contributed by atoms with E-state index in [4.69, 9.17) is 0 Å². The molecule has 0 atom stereocenters. The standard InChI is InChI=1S/C20H23N5O/c1-4-24(14-16-5-8-18(9-6-16)23(2)3)20(26)17-7-10-19(22-13-17)25-12-11-21-15-25/h5-13,15H,4,14H2,1-3H3. The van der Waals surface area contributed by atoms with Crippen molar-refractivity contribution in [2.75, 3.05) is 25.5 Å². The van der Waals surface area contributed by atoms with Crippen LogP contribution in [0, 0.1) is 0 Å². The first-order chi connectivity index (χ1) is 12.6. The molecule has 6 heteroatoms. The maximum absolute atomic E-state index is 12.8. The number of benzene rings is 1. The predicted molar refractivity (Wildman–Crippen MR) is 103 cm³/mol. The molecule has 2 aromatic heterocycles. The van der Waals surface area contributed by atoms with Crippen molar-refractivity contribution in [3.05, 3.63) is 72.4 Å². The molecule has 26 heavy (non-hydrogen) atoms. The Morgan fingerprint density at radius 2 is 1.88 bits per heavy atom. The summed E-state index contributed by atoms with van der Waals surface area (Å²) in [5.41, 5.74) is 2.83. The minimum absolute atomic E-state index is 0.0196. The summed E-state index contributed by atoms with van der Waals surface area (Å²) in [6, 6.07) is 11.9. The smallest absolute Gasteiger partial charge is 0.255 e. The van der Waals surface area contributed by atoms with Crippen LogP contribution in [0.25, 0.3) is 5.82 Å². The molecule has 0 saturated carbocycles. The number of rotatable bonds is 6. The Kier molecular flexibility index (Phi) is 5.31. The average molecular weight is 349 g/mol. The number of nitrogens with zero attached hydrogens (tertiary/aromatic N) is 5. The first-order valence-corrected chi connectivity index (χ1v) is 8.58. The Morgan fingerprint density at radius 1 is 1.12 bits per heavy atom. The van der Waals surface area contributed by atoms with E-state index in [2.05, 4.69) is 39.1 Å². The van der Waals surface area contributed by atoms with Gasteiger partial charge in [0, 0.05) is 51.5 Å². The number of carbonyl (C=O) groups excluding carboxylic acids is 1. The van der Waals surface area contributed by atoms with Crippen LogP contribution in [0.4, 0.5) is 5.69 Å². The van der Waals surface area contributed by atoms with Crippen LogP contribution in [0.5, 0.6) is 0 Å². The van der Waals surface area contributed by atoms with Gasteiger partial charge in [0.2, 0.25) is 0 Å². The second-order valence-electron chi connectivity index (χ2n) is 6.26. The number of imidazole rings is 1. The normalized spacial score (nSPS) is 10.6. The van der Waals surface area contributed by atoms with Gasteiger partial charge in [-0.2, -0.15) is 0 Å². The van der Waals surface area contributed by atoms with E-state index in [9.17, 15) is 4.79 Å². The summed E-state index contributed by atoms with van der Waals surface area (Å²) in [7, 11) is 4.02. The predicted octanol–water partition coefficient (Wildman–Crippen LogP) is 3.00. The minimum Gasteiger partial charge on any atom is -0.378 e. The minimum atomic E-state index is -0.0196. The van der Waals surface area contributed by atoms with Gasteiger partial charge >= 0.3 is 0 Å². The van der Waals surface area contributed by atoms with Gasteiger partial charge in [0.25, 0.3) is 5.91 Å². The van der Waals surface area contributed by atoms with E-state index in [1.54, 1.807) is 23.3 Å².